The Hall–Kier alpha value is -1.80. The summed E-state index contributed by atoms with van der Waals surface area (Å²) in [5, 5.41) is 0. The van der Waals surface area contributed by atoms with Crippen LogP contribution < -0.4 is 4.72 Å². The van der Waals surface area contributed by atoms with Gasteiger partial charge in [0.2, 0.25) is 0 Å². The first-order valence-electron chi connectivity index (χ1n) is 7.48. The molecule has 0 aliphatic carbocycles. The maximum Gasteiger partial charge on any atom is 0.280 e. The van der Waals surface area contributed by atoms with Gasteiger partial charge in [0, 0.05) is 19.3 Å². The van der Waals surface area contributed by atoms with E-state index >= 15 is 0 Å². The summed E-state index contributed by atoms with van der Waals surface area (Å²) in [6, 6.07) is 14.4. The molecule has 0 radical (unpaired) electrons. The number of nitrogens with zero attached hydrogens (tertiary/aromatic N) is 2. The second-order valence-electron chi connectivity index (χ2n) is 5.23. The number of hydrogen-bond acceptors (Lipinski definition) is 4. The van der Waals surface area contributed by atoms with E-state index in [1.165, 1.54) is 4.31 Å². The maximum atomic E-state index is 12.7. The van der Waals surface area contributed by atoms with Crippen LogP contribution in [-0.2, 0) is 14.9 Å². The van der Waals surface area contributed by atoms with Gasteiger partial charge in [-0.2, -0.15) is 17.4 Å². The Balaban J connectivity index is 1.90. The lowest BCUT2D eigenvalue weighted by molar-refractivity contribution is 0.0724. The van der Waals surface area contributed by atoms with Gasteiger partial charge in [-0.15, -0.1) is 0 Å². The summed E-state index contributed by atoms with van der Waals surface area (Å²) in [6.45, 7) is 1.55. The van der Waals surface area contributed by atoms with Crippen LogP contribution in [0.15, 0.2) is 54.7 Å². The van der Waals surface area contributed by atoms with Crippen LogP contribution in [0.2, 0.25) is 0 Å². The molecule has 122 valence electrons. The monoisotopic (exact) mass is 333 g/mol. The Morgan fingerprint density at radius 2 is 1.74 bits per heavy atom. The van der Waals surface area contributed by atoms with Gasteiger partial charge in [-0.3, -0.25) is 4.98 Å². The van der Waals surface area contributed by atoms with E-state index in [0.29, 0.717) is 32.0 Å². The minimum atomic E-state index is -3.62. The van der Waals surface area contributed by atoms with Gasteiger partial charge in [0.25, 0.3) is 10.2 Å². The first-order valence-corrected chi connectivity index (χ1v) is 8.92. The van der Waals surface area contributed by atoms with Crippen molar-refractivity contribution in [3.63, 3.8) is 0 Å². The largest absolute Gasteiger partial charge is 0.379 e. The third-order valence-electron chi connectivity index (χ3n) is 3.69. The number of benzene rings is 1. The molecule has 0 bridgehead atoms. The second-order valence-corrected chi connectivity index (χ2v) is 6.93. The molecule has 1 aromatic carbocycles. The van der Waals surface area contributed by atoms with Gasteiger partial charge in [0.05, 0.1) is 24.9 Å². The lowest BCUT2D eigenvalue weighted by Gasteiger charge is -2.28. The quantitative estimate of drug-likeness (QED) is 0.896. The highest BCUT2D eigenvalue weighted by Crippen LogP contribution is 2.22. The molecule has 7 heteroatoms. The van der Waals surface area contributed by atoms with E-state index in [1.807, 2.05) is 48.5 Å². The number of pyridine rings is 1. The third kappa shape index (κ3) is 3.94. The molecular weight excluding hydrogens is 314 g/mol. The number of morpholine rings is 1. The molecule has 0 amide bonds. The minimum absolute atomic E-state index is 0.360. The van der Waals surface area contributed by atoms with Gasteiger partial charge < -0.3 is 4.74 Å². The highest BCUT2D eigenvalue weighted by Gasteiger charge is 2.28. The maximum absolute atomic E-state index is 12.7. The fourth-order valence-corrected chi connectivity index (χ4v) is 3.84. The standard InChI is InChI=1S/C16H19N3O3S/c20-23(21,19-10-12-22-13-11-19)18-16(14-6-2-1-3-7-14)15-8-4-5-9-17-15/h1-9,16,18H,10-13H2/t16-/m0/s1. The average Bonchev–Trinajstić information content (AvgIpc) is 2.62. The van der Waals surface area contributed by atoms with Crippen molar-refractivity contribution in [3.05, 3.63) is 66.0 Å². The van der Waals surface area contributed by atoms with Gasteiger partial charge >= 0.3 is 0 Å². The fourth-order valence-electron chi connectivity index (χ4n) is 2.50. The molecule has 1 atom stereocenters. The molecular formula is C16H19N3O3S. The van der Waals surface area contributed by atoms with Crippen molar-refractivity contribution in [1.82, 2.24) is 14.0 Å². The molecule has 2 heterocycles. The van der Waals surface area contributed by atoms with Crippen molar-refractivity contribution in [2.75, 3.05) is 26.3 Å². The summed E-state index contributed by atoms with van der Waals surface area (Å²) in [6.07, 6.45) is 1.66. The van der Waals surface area contributed by atoms with Crippen LogP contribution >= 0.6 is 0 Å². The SMILES string of the molecule is O=S(=O)(N[C@@H](c1ccccc1)c1ccccn1)N1CCOCC1. The third-order valence-corrected chi connectivity index (χ3v) is 5.27. The molecule has 23 heavy (non-hydrogen) atoms. The van der Waals surface area contributed by atoms with Crippen molar-refractivity contribution < 1.29 is 13.2 Å². The van der Waals surface area contributed by atoms with E-state index in [2.05, 4.69) is 9.71 Å². The Morgan fingerprint density at radius 3 is 2.39 bits per heavy atom. The van der Waals surface area contributed by atoms with Gasteiger partial charge in [0.15, 0.2) is 0 Å². The highest BCUT2D eigenvalue weighted by atomic mass is 32.2. The van der Waals surface area contributed by atoms with E-state index in [4.69, 9.17) is 4.74 Å². The fraction of sp³-hybridized carbons (Fsp3) is 0.312. The summed E-state index contributed by atoms with van der Waals surface area (Å²) in [5.74, 6) is 0. The molecule has 1 fully saturated rings. The molecule has 0 spiro atoms. The van der Waals surface area contributed by atoms with E-state index in [1.54, 1.807) is 6.20 Å². The van der Waals surface area contributed by atoms with Crippen LogP contribution in [-0.4, -0.2) is 44.0 Å². The van der Waals surface area contributed by atoms with Gasteiger partial charge in [-0.1, -0.05) is 36.4 Å². The van der Waals surface area contributed by atoms with Crippen LogP contribution in [0.25, 0.3) is 0 Å². The molecule has 3 rings (SSSR count). The lowest BCUT2D eigenvalue weighted by Crippen LogP contribution is -2.47. The average molecular weight is 333 g/mol. The highest BCUT2D eigenvalue weighted by molar-refractivity contribution is 7.87. The molecule has 0 saturated carbocycles. The molecule has 1 aliphatic heterocycles. The summed E-state index contributed by atoms with van der Waals surface area (Å²) in [7, 11) is -3.62. The van der Waals surface area contributed by atoms with E-state index < -0.39 is 16.3 Å². The van der Waals surface area contributed by atoms with Crippen molar-refractivity contribution in [3.8, 4) is 0 Å². The smallest absolute Gasteiger partial charge is 0.280 e. The zero-order valence-electron chi connectivity index (χ0n) is 12.6. The Kier molecular flexibility index (Phi) is 5.02. The van der Waals surface area contributed by atoms with E-state index in [-0.39, 0.29) is 0 Å². The molecule has 1 N–H and O–H groups in total. The predicted octanol–water partition coefficient (Wildman–Crippen LogP) is 1.34. The predicted molar refractivity (Wildman–Crippen MR) is 87.0 cm³/mol. The molecule has 6 nitrogen and oxygen atoms in total. The Labute approximate surface area is 136 Å². The summed E-state index contributed by atoms with van der Waals surface area (Å²) in [4.78, 5) is 4.31. The summed E-state index contributed by atoms with van der Waals surface area (Å²) in [5.41, 5.74) is 1.51. The molecule has 1 aliphatic rings. The number of rotatable bonds is 5. The minimum Gasteiger partial charge on any atom is -0.379 e. The normalized spacial score (nSPS) is 17.7. The molecule has 1 aromatic heterocycles. The van der Waals surface area contributed by atoms with Crippen molar-refractivity contribution in [1.29, 1.82) is 0 Å². The van der Waals surface area contributed by atoms with E-state index in [9.17, 15) is 8.42 Å². The van der Waals surface area contributed by atoms with Crippen LogP contribution in [0.5, 0.6) is 0 Å². The van der Waals surface area contributed by atoms with Crippen LogP contribution in [0.4, 0.5) is 0 Å². The topological polar surface area (TPSA) is 71.5 Å². The lowest BCUT2D eigenvalue weighted by atomic mass is 10.0. The zero-order valence-corrected chi connectivity index (χ0v) is 13.4. The summed E-state index contributed by atoms with van der Waals surface area (Å²) < 4.78 is 34.8. The number of hydrogen-bond donors (Lipinski definition) is 1. The van der Waals surface area contributed by atoms with Gasteiger partial charge in [-0.25, -0.2) is 0 Å². The van der Waals surface area contributed by atoms with Crippen LogP contribution in [0, 0.1) is 0 Å². The first-order chi connectivity index (χ1) is 11.2. The van der Waals surface area contributed by atoms with Crippen LogP contribution in [0.1, 0.15) is 17.3 Å². The van der Waals surface area contributed by atoms with Crippen molar-refractivity contribution >= 4 is 10.2 Å². The van der Waals surface area contributed by atoms with Crippen molar-refractivity contribution in [2.24, 2.45) is 0 Å². The second kappa shape index (κ2) is 7.18. The van der Waals surface area contributed by atoms with Gasteiger partial charge in [-0.05, 0) is 17.7 Å². The number of ether oxygens (including phenoxy) is 1. The number of aromatic nitrogens is 1. The first kappa shape index (κ1) is 16.1. The molecule has 1 saturated heterocycles. The Morgan fingerprint density at radius 1 is 1.04 bits per heavy atom. The molecule has 2 aromatic rings. The number of nitrogens with one attached hydrogen (secondary N) is 1. The van der Waals surface area contributed by atoms with Crippen molar-refractivity contribution in [2.45, 2.75) is 6.04 Å². The zero-order chi connectivity index (χ0) is 16.1. The van der Waals surface area contributed by atoms with E-state index in [0.717, 1.165) is 5.56 Å². The van der Waals surface area contributed by atoms with Gasteiger partial charge in [0.1, 0.15) is 0 Å². The molecule has 0 unspecified atom stereocenters. The van der Waals surface area contributed by atoms with Crippen LogP contribution in [0.3, 0.4) is 0 Å². The summed E-state index contributed by atoms with van der Waals surface area (Å²) >= 11 is 0. The Bertz CT molecular complexity index is 677.